The third-order valence-electron chi connectivity index (χ3n) is 3.12. The number of benzene rings is 1. The van der Waals surface area contributed by atoms with Gasteiger partial charge in [-0.25, -0.2) is 4.98 Å². The molecule has 0 radical (unpaired) electrons. The molecule has 0 aliphatic rings. The Morgan fingerprint density at radius 1 is 1.10 bits per heavy atom. The van der Waals surface area contributed by atoms with E-state index < -0.39 is 0 Å². The van der Waals surface area contributed by atoms with Gasteiger partial charge in [-0.15, -0.1) is 0 Å². The Hall–Kier alpha value is -2.62. The zero-order chi connectivity index (χ0) is 13.8. The molecule has 0 aliphatic heterocycles. The molecule has 0 spiro atoms. The highest BCUT2D eigenvalue weighted by Crippen LogP contribution is 2.05. The lowest BCUT2D eigenvalue weighted by atomic mass is 10.2. The monoisotopic (exact) mass is 265 g/mol. The van der Waals surface area contributed by atoms with E-state index in [4.69, 9.17) is 0 Å². The Kier molecular flexibility index (Phi) is 3.46. The summed E-state index contributed by atoms with van der Waals surface area (Å²) in [6.45, 7) is 0.581. The third-order valence-corrected chi connectivity index (χ3v) is 3.12. The maximum atomic E-state index is 11.9. The molecule has 4 heteroatoms. The first-order chi connectivity index (χ1) is 9.83. The summed E-state index contributed by atoms with van der Waals surface area (Å²) in [5.41, 5.74) is 2.59. The molecule has 20 heavy (non-hydrogen) atoms. The van der Waals surface area contributed by atoms with E-state index in [1.54, 1.807) is 12.1 Å². The number of fused-ring (bicyclic) bond motifs is 1. The zero-order valence-corrected chi connectivity index (χ0v) is 11.0. The highest BCUT2D eigenvalue weighted by Gasteiger charge is 2.05. The number of hydrogen-bond donors (Lipinski definition) is 1. The Morgan fingerprint density at radius 2 is 1.90 bits per heavy atom. The Balaban J connectivity index is 1.58. The van der Waals surface area contributed by atoms with Crippen LogP contribution in [-0.2, 0) is 6.42 Å². The summed E-state index contributed by atoms with van der Waals surface area (Å²) in [6, 6.07) is 15.1. The van der Waals surface area contributed by atoms with E-state index in [1.165, 1.54) is 0 Å². The van der Waals surface area contributed by atoms with Gasteiger partial charge in [0.1, 0.15) is 5.65 Å². The molecule has 2 heterocycles. The lowest BCUT2D eigenvalue weighted by Crippen LogP contribution is -2.25. The number of amides is 1. The first kappa shape index (κ1) is 12.4. The minimum absolute atomic E-state index is 0.0469. The summed E-state index contributed by atoms with van der Waals surface area (Å²) in [4.78, 5) is 16.4. The van der Waals surface area contributed by atoms with Crippen LogP contribution in [0.4, 0.5) is 0 Å². The number of hydrogen-bond acceptors (Lipinski definition) is 2. The van der Waals surface area contributed by atoms with Crippen LogP contribution < -0.4 is 5.32 Å². The van der Waals surface area contributed by atoms with Crippen LogP contribution in [0, 0.1) is 0 Å². The van der Waals surface area contributed by atoms with Gasteiger partial charge in [0, 0.05) is 30.9 Å². The van der Waals surface area contributed by atoms with Gasteiger partial charge in [0.15, 0.2) is 0 Å². The summed E-state index contributed by atoms with van der Waals surface area (Å²) >= 11 is 0. The zero-order valence-electron chi connectivity index (χ0n) is 11.0. The molecule has 0 fully saturated rings. The Bertz CT molecular complexity index is 686. The molecule has 0 unspecified atom stereocenters. The first-order valence-electron chi connectivity index (χ1n) is 6.59. The number of pyridine rings is 1. The molecule has 2 aromatic heterocycles. The van der Waals surface area contributed by atoms with Crippen molar-refractivity contribution >= 4 is 11.6 Å². The fourth-order valence-electron chi connectivity index (χ4n) is 2.10. The summed E-state index contributed by atoms with van der Waals surface area (Å²) in [5, 5.41) is 2.90. The molecule has 0 atom stereocenters. The largest absolute Gasteiger partial charge is 0.352 e. The first-order valence-corrected chi connectivity index (χ1v) is 6.59. The van der Waals surface area contributed by atoms with Gasteiger partial charge in [0.2, 0.25) is 0 Å². The second-order valence-corrected chi connectivity index (χ2v) is 4.57. The number of nitrogens with zero attached hydrogens (tertiary/aromatic N) is 2. The van der Waals surface area contributed by atoms with Crippen LogP contribution in [0.3, 0.4) is 0 Å². The highest BCUT2D eigenvalue weighted by atomic mass is 16.1. The SMILES string of the molecule is O=C(NCCc1cn2ccccc2n1)c1ccccc1. The van der Waals surface area contributed by atoms with Crippen LogP contribution in [0.1, 0.15) is 16.1 Å². The van der Waals surface area contributed by atoms with E-state index in [1.807, 2.05) is 53.2 Å². The van der Waals surface area contributed by atoms with E-state index in [0.717, 1.165) is 17.8 Å². The molecule has 0 bridgehead atoms. The topological polar surface area (TPSA) is 46.4 Å². The van der Waals surface area contributed by atoms with Gasteiger partial charge in [0.05, 0.1) is 5.69 Å². The van der Waals surface area contributed by atoms with E-state index in [0.29, 0.717) is 12.1 Å². The maximum absolute atomic E-state index is 11.9. The van der Waals surface area contributed by atoms with Gasteiger partial charge in [-0.2, -0.15) is 0 Å². The quantitative estimate of drug-likeness (QED) is 0.787. The second-order valence-electron chi connectivity index (χ2n) is 4.57. The molecule has 100 valence electrons. The van der Waals surface area contributed by atoms with Crippen molar-refractivity contribution in [2.75, 3.05) is 6.54 Å². The molecule has 1 amide bonds. The lowest BCUT2D eigenvalue weighted by Gasteiger charge is -2.03. The van der Waals surface area contributed by atoms with Crippen molar-refractivity contribution in [2.45, 2.75) is 6.42 Å². The normalized spacial score (nSPS) is 10.6. The summed E-state index contributed by atoms with van der Waals surface area (Å²) in [5.74, 6) is -0.0469. The van der Waals surface area contributed by atoms with Crippen LogP contribution >= 0.6 is 0 Å². The molecule has 0 aliphatic carbocycles. The second kappa shape index (κ2) is 5.57. The summed E-state index contributed by atoms with van der Waals surface area (Å²) in [7, 11) is 0. The minimum Gasteiger partial charge on any atom is -0.352 e. The lowest BCUT2D eigenvalue weighted by molar-refractivity contribution is 0.0954. The molecular formula is C16H15N3O. The van der Waals surface area contributed by atoms with Crippen molar-refractivity contribution in [1.29, 1.82) is 0 Å². The molecule has 3 aromatic rings. The van der Waals surface area contributed by atoms with E-state index in [-0.39, 0.29) is 5.91 Å². The molecule has 0 saturated carbocycles. The van der Waals surface area contributed by atoms with Crippen LogP contribution in [0.25, 0.3) is 5.65 Å². The predicted octanol–water partition coefficient (Wildman–Crippen LogP) is 2.31. The molecule has 3 rings (SSSR count). The van der Waals surface area contributed by atoms with Crippen molar-refractivity contribution < 1.29 is 4.79 Å². The number of carbonyl (C=O) groups is 1. The standard InChI is InChI=1S/C16H15N3O/c20-16(13-6-2-1-3-7-13)17-10-9-14-12-19-11-5-4-8-15(19)18-14/h1-8,11-12H,9-10H2,(H,17,20). The van der Waals surface area contributed by atoms with E-state index >= 15 is 0 Å². The summed E-state index contributed by atoms with van der Waals surface area (Å²) in [6.07, 6.45) is 4.68. The third kappa shape index (κ3) is 2.69. The Morgan fingerprint density at radius 3 is 2.70 bits per heavy atom. The number of rotatable bonds is 4. The molecule has 4 nitrogen and oxygen atoms in total. The average molecular weight is 265 g/mol. The maximum Gasteiger partial charge on any atom is 0.251 e. The number of imidazole rings is 1. The molecule has 1 aromatic carbocycles. The van der Waals surface area contributed by atoms with Crippen molar-refractivity contribution in [2.24, 2.45) is 0 Å². The van der Waals surface area contributed by atoms with Crippen LogP contribution in [0.15, 0.2) is 60.9 Å². The average Bonchev–Trinajstić information content (AvgIpc) is 2.90. The van der Waals surface area contributed by atoms with Crippen molar-refractivity contribution in [3.05, 3.63) is 72.2 Å². The van der Waals surface area contributed by atoms with Gasteiger partial charge in [-0.1, -0.05) is 24.3 Å². The number of aromatic nitrogens is 2. The summed E-state index contributed by atoms with van der Waals surface area (Å²) < 4.78 is 1.98. The fraction of sp³-hybridized carbons (Fsp3) is 0.125. The van der Waals surface area contributed by atoms with Gasteiger partial charge >= 0.3 is 0 Å². The molecule has 1 N–H and O–H groups in total. The van der Waals surface area contributed by atoms with Crippen molar-refractivity contribution in [1.82, 2.24) is 14.7 Å². The van der Waals surface area contributed by atoms with Crippen LogP contribution in [-0.4, -0.2) is 21.8 Å². The molecular weight excluding hydrogens is 250 g/mol. The number of carbonyl (C=O) groups excluding carboxylic acids is 1. The number of nitrogens with one attached hydrogen (secondary N) is 1. The molecule has 0 saturated heterocycles. The fourth-order valence-corrected chi connectivity index (χ4v) is 2.10. The van der Waals surface area contributed by atoms with Gasteiger partial charge in [-0.05, 0) is 24.3 Å². The van der Waals surface area contributed by atoms with Gasteiger partial charge < -0.3 is 9.72 Å². The smallest absolute Gasteiger partial charge is 0.251 e. The van der Waals surface area contributed by atoms with Gasteiger partial charge in [-0.3, -0.25) is 4.79 Å². The van der Waals surface area contributed by atoms with Crippen molar-refractivity contribution in [3.63, 3.8) is 0 Å². The minimum atomic E-state index is -0.0469. The van der Waals surface area contributed by atoms with Crippen LogP contribution in [0.5, 0.6) is 0 Å². The highest BCUT2D eigenvalue weighted by molar-refractivity contribution is 5.94. The van der Waals surface area contributed by atoms with E-state index in [2.05, 4.69) is 10.3 Å². The van der Waals surface area contributed by atoms with E-state index in [9.17, 15) is 4.79 Å². The predicted molar refractivity (Wildman–Crippen MR) is 77.7 cm³/mol. The van der Waals surface area contributed by atoms with Gasteiger partial charge in [0.25, 0.3) is 5.91 Å². The Labute approximate surface area is 117 Å². The van der Waals surface area contributed by atoms with Crippen molar-refractivity contribution in [3.8, 4) is 0 Å². The van der Waals surface area contributed by atoms with Crippen LogP contribution in [0.2, 0.25) is 0 Å².